The summed E-state index contributed by atoms with van der Waals surface area (Å²) in [6, 6.07) is 5.93. The van der Waals surface area contributed by atoms with Crippen molar-refractivity contribution >= 4 is 29.4 Å². The standard InChI is InChI=1S/C13H11ClFN3O/c1-8-6-12(18-17-8)16-13(19)5-3-9-2-4-11(15)10(14)7-9/h2-7H,1H3,(H2,16,17,18,19). The van der Waals surface area contributed by atoms with Crippen molar-refractivity contribution in [1.29, 1.82) is 0 Å². The van der Waals surface area contributed by atoms with Gasteiger partial charge in [0.05, 0.1) is 5.02 Å². The van der Waals surface area contributed by atoms with Crippen molar-refractivity contribution in [2.75, 3.05) is 5.32 Å². The van der Waals surface area contributed by atoms with Crippen LogP contribution in [0.3, 0.4) is 0 Å². The summed E-state index contributed by atoms with van der Waals surface area (Å²) in [5.74, 6) is -0.369. The molecule has 0 atom stereocenters. The van der Waals surface area contributed by atoms with E-state index in [0.717, 1.165) is 5.69 Å². The van der Waals surface area contributed by atoms with Gasteiger partial charge >= 0.3 is 0 Å². The summed E-state index contributed by atoms with van der Waals surface area (Å²) in [4.78, 5) is 11.6. The van der Waals surface area contributed by atoms with E-state index in [9.17, 15) is 9.18 Å². The Morgan fingerprint density at radius 1 is 1.47 bits per heavy atom. The fourth-order valence-electron chi connectivity index (χ4n) is 1.44. The van der Waals surface area contributed by atoms with Gasteiger partial charge in [0.1, 0.15) is 5.82 Å². The molecule has 0 saturated heterocycles. The number of amides is 1. The van der Waals surface area contributed by atoms with Gasteiger partial charge in [-0.05, 0) is 30.7 Å². The Balaban J connectivity index is 2.01. The summed E-state index contributed by atoms with van der Waals surface area (Å²) >= 11 is 5.64. The lowest BCUT2D eigenvalue weighted by Gasteiger charge is -1.97. The maximum absolute atomic E-state index is 12.9. The number of rotatable bonds is 3. The number of hydrogen-bond acceptors (Lipinski definition) is 2. The number of aryl methyl sites for hydroxylation is 1. The number of aromatic amines is 1. The smallest absolute Gasteiger partial charge is 0.249 e. The molecule has 0 fully saturated rings. The molecule has 1 amide bonds. The molecular formula is C13H11ClFN3O. The first kappa shape index (κ1) is 13.3. The minimum Gasteiger partial charge on any atom is -0.306 e. The molecule has 0 aliphatic carbocycles. The number of carbonyl (C=O) groups excluding carboxylic acids is 1. The molecule has 19 heavy (non-hydrogen) atoms. The highest BCUT2D eigenvalue weighted by Gasteiger charge is 2.02. The van der Waals surface area contributed by atoms with Crippen LogP contribution in [0.2, 0.25) is 5.02 Å². The Bertz CT molecular complexity index is 637. The van der Waals surface area contributed by atoms with E-state index in [4.69, 9.17) is 11.6 Å². The SMILES string of the molecule is Cc1cc(NC(=O)C=Cc2ccc(F)c(Cl)c2)n[nH]1. The minimum atomic E-state index is -0.490. The largest absolute Gasteiger partial charge is 0.306 e. The normalized spacial score (nSPS) is 10.9. The van der Waals surface area contributed by atoms with Gasteiger partial charge in [-0.1, -0.05) is 17.7 Å². The van der Waals surface area contributed by atoms with Crippen LogP contribution in [-0.4, -0.2) is 16.1 Å². The highest BCUT2D eigenvalue weighted by molar-refractivity contribution is 6.30. The third kappa shape index (κ3) is 3.66. The molecule has 4 nitrogen and oxygen atoms in total. The minimum absolute atomic E-state index is 0.0190. The van der Waals surface area contributed by atoms with E-state index in [1.54, 1.807) is 12.1 Å². The Hall–Kier alpha value is -2.14. The highest BCUT2D eigenvalue weighted by atomic mass is 35.5. The number of carbonyl (C=O) groups is 1. The Morgan fingerprint density at radius 3 is 2.89 bits per heavy atom. The van der Waals surface area contributed by atoms with Gasteiger partial charge < -0.3 is 5.32 Å². The van der Waals surface area contributed by atoms with Crippen LogP contribution >= 0.6 is 11.6 Å². The number of hydrogen-bond donors (Lipinski definition) is 2. The van der Waals surface area contributed by atoms with Crippen LogP contribution in [0.25, 0.3) is 6.08 Å². The van der Waals surface area contributed by atoms with Crippen molar-refractivity contribution in [2.45, 2.75) is 6.92 Å². The van der Waals surface area contributed by atoms with Crippen molar-refractivity contribution in [3.05, 3.63) is 52.4 Å². The lowest BCUT2D eigenvalue weighted by atomic mass is 10.2. The first-order chi connectivity index (χ1) is 9.04. The summed E-state index contributed by atoms with van der Waals surface area (Å²) in [6.45, 7) is 1.83. The van der Waals surface area contributed by atoms with Crippen LogP contribution in [0.15, 0.2) is 30.3 Å². The summed E-state index contributed by atoms with van der Waals surface area (Å²) in [5.41, 5.74) is 1.49. The number of halogens is 2. The number of nitrogens with one attached hydrogen (secondary N) is 2. The molecule has 0 radical (unpaired) electrons. The van der Waals surface area contributed by atoms with Gasteiger partial charge in [0, 0.05) is 17.8 Å². The van der Waals surface area contributed by atoms with Crippen molar-refractivity contribution in [2.24, 2.45) is 0 Å². The monoisotopic (exact) mass is 279 g/mol. The zero-order valence-corrected chi connectivity index (χ0v) is 10.8. The van der Waals surface area contributed by atoms with E-state index in [2.05, 4.69) is 15.5 Å². The van der Waals surface area contributed by atoms with E-state index in [1.165, 1.54) is 24.3 Å². The molecule has 0 spiro atoms. The van der Waals surface area contributed by atoms with E-state index < -0.39 is 5.82 Å². The number of H-pyrrole nitrogens is 1. The average Bonchev–Trinajstić information content (AvgIpc) is 2.76. The van der Waals surface area contributed by atoms with Gasteiger partial charge in [-0.25, -0.2) is 4.39 Å². The number of anilines is 1. The second-order valence-corrected chi connectivity index (χ2v) is 4.34. The van der Waals surface area contributed by atoms with Crippen LogP contribution in [0, 0.1) is 12.7 Å². The highest BCUT2D eigenvalue weighted by Crippen LogP contribution is 2.16. The molecule has 0 unspecified atom stereocenters. The van der Waals surface area contributed by atoms with Gasteiger partial charge in [0.2, 0.25) is 5.91 Å². The summed E-state index contributed by atoms with van der Waals surface area (Å²) in [5, 5.41) is 9.19. The molecule has 0 aliphatic heterocycles. The van der Waals surface area contributed by atoms with Crippen LogP contribution in [0.5, 0.6) is 0 Å². The quantitative estimate of drug-likeness (QED) is 0.848. The predicted octanol–water partition coefficient (Wildman–Crippen LogP) is 3.16. The van der Waals surface area contributed by atoms with Crippen LogP contribution in [-0.2, 0) is 4.79 Å². The molecule has 0 saturated carbocycles. The zero-order chi connectivity index (χ0) is 13.8. The van der Waals surface area contributed by atoms with E-state index >= 15 is 0 Å². The molecule has 2 aromatic rings. The zero-order valence-electron chi connectivity index (χ0n) is 10.1. The fourth-order valence-corrected chi connectivity index (χ4v) is 1.63. The fraction of sp³-hybridized carbons (Fsp3) is 0.0769. The molecule has 6 heteroatoms. The molecular weight excluding hydrogens is 269 g/mol. The van der Waals surface area contributed by atoms with Crippen molar-refractivity contribution in [3.63, 3.8) is 0 Å². The summed E-state index contributed by atoms with van der Waals surface area (Å²) in [7, 11) is 0. The molecule has 0 aliphatic rings. The van der Waals surface area contributed by atoms with Gasteiger partial charge in [0.15, 0.2) is 5.82 Å². The van der Waals surface area contributed by atoms with Crippen LogP contribution in [0.1, 0.15) is 11.3 Å². The van der Waals surface area contributed by atoms with Gasteiger partial charge in [-0.2, -0.15) is 5.10 Å². The molecule has 98 valence electrons. The van der Waals surface area contributed by atoms with Crippen LogP contribution < -0.4 is 5.32 Å². The third-order valence-electron chi connectivity index (χ3n) is 2.33. The molecule has 2 N–H and O–H groups in total. The van der Waals surface area contributed by atoms with E-state index in [0.29, 0.717) is 11.4 Å². The third-order valence-corrected chi connectivity index (χ3v) is 2.62. The lowest BCUT2D eigenvalue weighted by molar-refractivity contribution is -0.111. The second kappa shape index (κ2) is 5.67. The average molecular weight is 280 g/mol. The van der Waals surface area contributed by atoms with Gasteiger partial charge in [0.25, 0.3) is 0 Å². The van der Waals surface area contributed by atoms with Gasteiger partial charge in [-0.3, -0.25) is 9.89 Å². The van der Waals surface area contributed by atoms with Crippen molar-refractivity contribution in [1.82, 2.24) is 10.2 Å². The Kier molecular flexibility index (Phi) is 3.97. The maximum atomic E-state index is 12.9. The van der Waals surface area contributed by atoms with Crippen molar-refractivity contribution in [3.8, 4) is 0 Å². The number of benzene rings is 1. The summed E-state index contributed by atoms with van der Waals surface area (Å²) in [6.07, 6.45) is 2.87. The molecule has 0 bridgehead atoms. The van der Waals surface area contributed by atoms with Crippen LogP contribution in [0.4, 0.5) is 10.2 Å². The molecule has 1 aromatic heterocycles. The number of aromatic nitrogens is 2. The first-order valence-corrected chi connectivity index (χ1v) is 5.88. The Labute approximate surface area is 114 Å². The van der Waals surface area contributed by atoms with E-state index in [-0.39, 0.29) is 10.9 Å². The maximum Gasteiger partial charge on any atom is 0.249 e. The molecule has 2 rings (SSSR count). The predicted molar refractivity (Wildman–Crippen MR) is 72.4 cm³/mol. The Morgan fingerprint density at radius 2 is 2.26 bits per heavy atom. The van der Waals surface area contributed by atoms with Crippen molar-refractivity contribution < 1.29 is 9.18 Å². The topological polar surface area (TPSA) is 57.8 Å². The molecule has 1 heterocycles. The lowest BCUT2D eigenvalue weighted by Crippen LogP contribution is -2.07. The van der Waals surface area contributed by atoms with E-state index in [1.807, 2.05) is 6.92 Å². The second-order valence-electron chi connectivity index (χ2n) is 3.93. The van der Waals surface area contributed by atoms with Gasteiger partial charge in [-0.15, -0.1) is 0 Å². The number of nitrogens with zero attached hydrogens (tertiary/aromatic N) is 1. The first-order valence-electron chi connectivity index (χ1n) is 5.51. The molecule has 1 aromatic carbocycles. The summed E-state index contributed by atoms with van der Waals surface area (Å²) < 4.78 is 12.9.